The summed E-state index contributed by atoms with van der Waals surface area (Å²) in [5.74, 6) is 0.907. The first-order chi connectivity index (χ1) is 8.29. The lowest BCUT2D eigenvalue weighted by Gasteiger charge is -2.19. The molecule has 98 valence electrons. The van der Waals surface area contributed by atoms with E-state index in [1.807, 2.05) is 13.0 Å². The molecule has 1 heterocycles. The number of nitrogens with one attached hydrogen (secondary N) is 1. The first kappa shape index (κ1) is 13.7. The van der Waals surface area contributed by atoms with Crippen molar-refractivity contribution < 1.29 is 4.42 Å². The van der Waals surface area contributed by atoms with Crippen molar-refractivity contribution in [2.75, 3.05) is 0 Å². The molecule has 0 spiro atoms. The lowest BCUT2D eigenvalue weighted by atomic mass is 10.1. The van der Waals surface area contributed by atoms with Gasteiger partial charge in [0.05, 0.1) is 11.6 Å². The fraction of sp³-hybridized carbons (Fsp3) is 0.429. The van der Waals surface area contributed by atoms with Crippen molar-refractivity contribution in [1.29, 1.82) is 0 Å². The summed E-state index contributed by atoms with van der Waals surface area (Å²) in [5.41, 5.74) is 1.83. The average molecular weight is 286 g/mol. The Balaban J connectivity index is 2.41. The summed E-state index contributed by atoms with van der Waals surface area (Å²) in [6, 6.07) is 3.75. The van der Waals surface area contributed by atoms with E-state index in [9.17, 15) is 0 Å². The molecule has 0 saturated heterocycles. The molecule has 0 unspecified atom stereocenters. The molecule has 0 fully saturated rings. The van der Waals surface area contributed by atoms with E-state index >= 15 is 0 Å². The monoisotopic (exact) mass is 285 g/mol. The molecule has 4 heteroatoms. The van der Waals surface area contributed by atoms with Gasteiger partial charge in [0.15, 0.2) is 5.58 Å². The molecule has 0 aliphatic heterocycles. The van der Waals surface area contributed by atoms with Crippen LogP contribution in [-0.2, 0) is 6.54 Å². The maximum absolute atomic E-state index is 6.16. The third-order valence-corrected chi connectivity index (χ3v) is 3.66. The second-order valence-corrected chi connectivity index (χ2v) is 6.28. The fourth-order valence-electron chi connectivity index (χ4n) is 1.79. The predicted molar refractivity (Wildman–Crippen MR) is 77.6 cm³/mol. The number of fused-ring (bicyclic) bond motifs is 1. The van der Waals surface area contributed by atoms with Crippen molar-refractivity contribution in [2.24, 2.45) is 0 Å². The molecule has 0 radical (unpaired) electrons. The van der Waals surface area contributed by atoms with Crippen molar-refractivity contribution in [2.45, 2.75) is 39.8 Å². The van der Waals surface area contributed by atoms with Crippen LogP contribution in [0.25, 0.3) is 11.0 Å². The maximum Gasteiger partial charge on any atom is 0.154 e. The van der Waals surface area contributed by atoms with Gasteiger partial charge in [0.25, 0.3) is 0 Å². The lowest BCUT2D eigenvalue weighted by molar-refractivity contribution is 0.394. The molecule has 1 aromatic carbocycles. The Morgan fingerprint density at radius 3 is 2.50 bits per heavy atom. The predicted octanol–water partition coefficient (Wildman–Crippen LogP) is 4.94. The zero-order valence-corrected chi connectivity index (χ0v) is 12.5. The van der Waals surface area contributed by atoms with Crippen LogP contribution >= 0.6 is 23.2 Å². The Labute approximate surface area is 117 Å². The van der Waals surface area contributed by atoms with Gasteiger partial charge in [-0.15, -0.1) is 0 Å². The first-order valence-corrected chi connectivity index (χ1v) is 6.66. The topological polar surface area (TPSA) is 25.2 Å². The number of furan rings is 1. The van der Waals surface area contributed by atoms with Crippen LogP contribution in [0, 0.1) is 6.92 Å². The molecule has 0 aliphatic rings. The lowest BCUT2D eigenvalue weighted by Crippen LogP contribution is -2.35. The van der Waals surface area contributed by atoms with E-state index in [4.69, 9.17) is 27.6 Å². The van der Waals surface area contributed by atoms with Gasteiger partial charge in [0, 0.05) is 10.9 Å². The smallest absolute Gasteiger partial charge is 0.154 e. The molecule has 18 heavy (non-hydrogen) atoms. The quantitative estimate of drug-likeness (QED) is 0.846. The second kappa shape index (κ2) is 4.76. The number of hydrogen-bond donors (Lipinski definition) is 1. The van der Waals surface area contributed by atoms with Gasteiger partial charge in [0.2, 0.25) is 0 Å². The SMILES string of the molecule is Cc1c(CNC(C)(C)C)oc2c(Cl)c(Cl)ccc12. The van der Waals surface area contributed by atoms with E-state index < -0.39 is 0 Å². The summed E-state index contributed by atoms with van der Waals surface area (Å²) in [6.45, 7) is 9.08. The van der Waals surface area contributed by atoms with Gasteiger partial charge in [-0.1, -0.05) is 23.2 Å². The van der Waals surface area contributed by atoms with E-state index in [-0.39, 0.29) is 5.54 Å². The molecule has 2 rings (SSSR count). The molecular formula is C14H17Cl2NO. The Kier molecular flexibility index (Phi) is 3.63. The zero-order chi connectivity index (χ0) is 13.5. The van der Waals surface area contributed by atoms with E-state index in [1.54, 1.807) is 6.07 Å². The highest BCUT2D eigenvalue weighted by Gasteiger charge is 2.16. The third-order valence-electron chi connectivity index (χ3n) is 2.88. The molecule has 2 aromatic rings. The number of benzene rings is 1. The minimum atomic E-state index is 0.0485. The average Bonchev–Trinajstić information content (AvgIpc) is 2.58. The summed E-state index contributed by atoms with van der Waals surface area (Å²) in [5, 5.41) is 5.43. The summed E-state index contributed by atoms with van der Waals surface area (Å²) >= 11 is 12.1. The zero-order valence-electron chi connectivity index (χ0n) is 11.0. The van der Waals surface area contributed by atoms with Gasteiger partial charge in [-0.3, -0.25) is 0 Å². The molecular weight excluding hydrogens is 269 g/mol. The van der Waals surface area contributed by atoms with Crippen LogP contribution in [0.3, 0.4) is 0 Å². The van der Waals surface area contributed by atoms with Crippen LogP contribution in [0.2, 0.25) is 10.0 Å². The standard InChI is InChI=1S/C14H17Cl2NO/c1-8-9-5-6-10(15)12(16)13(9)18-11(8)7-17-14(2,3)4/h5-6,17H,7H2,1-4H3. The van der Waals surface area contributed by atoms with Crippen molar-refractivity contribution in [3.63, 3.8) is 0 Å². The van der Waals surface area contributed by atoms with Crippen LogP contribution < -0.4 is 5.32 Å². The van der Waals surface area contributed by atoms with Crippen LogP contribution in [0.5, 0.6) is 0 Å². The number of halogens is 2. The van der Waals surface area contributed by atoms with Gasteiger partial charge >= 0.3 is 0 Å². The molecule has 0 atom stereocenters. The molecule has 0 amide bonds. The molecule has 2 nitrogen and oxygen atoms in total. The Hall–Kier alpha value is -0.700. The van der Waals surface area contributed by atoms with Gasteiger partial charge < -0.3 is 9.73 Å². The van der Waals surface area contributed by atoms with Gasteiger partial charge in [-0.25, -0.2) is 0 Å². The minimum absolute atomic E-state index is 0.0485. The van der Waals surface area contributed by atoms with E-state index in [1.165, 1.54) is 0 Å². The molecule has 1 aromatic heterocycles. The summed E-state index contributed by atoms with van der Waals surface area (Å²) in [6.07, 6.45) is 0. The Morgan fingerprint density at radius 1 is 1.22 bits per heavy atom. The summed E-state index contributed by atoms with van der Waals surface area (Å²) in [4.78, 5) is 0. The normalized spacial score (nSPS) is 12.3. The molecule has 0 bridgehead atoms. The van der Waals surface area contributed by atoms with Crippen molar-refractivity contribution >= 4 is 34.2 Å². The van der Waals surface area contributed by atoms with Crippen molar-refractivity contribution in [3.05, 3.63) is 33.5 Å². The highest BCUT2D eigenvalue weighted by molar-refractivity contribution is 6.44. The van der Waals surface area contributed by atoms with Gasteiger partial charge in [-0.2, -0.15) is 0 Å². The van der Waals surface area contributed by atoms with Gasteiger partial charge in [0.1, 0.15) is 10.8 Å². The number of hydrogen-bond acceptors (Lipinski definition) is 2. The van der Waals surface area contributed by atoms with Gasteiger partial charge in [-0.05, 0) is 45.4 Å². The van der Waals surface area contributed by atoms with Crippen LogP contribution in [-0.4, -0.2) is 5.54 Å². The van der Waals surface area contributed by atoms with Crippen LogP contribution in [0.4, 0.5) is 0 Å². The first-order valence-electron chi connectivity index (χ1n) is 5.90. The van der Waals surface area contributed by atoms with Crippen LogP contribution in [0.1, 0.15) is 32.1 Å². The Bertz CT molecular complexity index is 581. The second-order valence-electron chi connectivity index (χ2n) is 5.49. The van der Waals surface area contributed by atoms with E-state index in [2.05, 4.69) is 26.1 Å². The van der Waals surface area contributed by atoms with E-state index in [0.29, 0.717) is 22.2 Å². The Morgan fingerprint density at radius 2 is 1.89 bits per heavy atom. The molecule has 1 N–H and O–H groups in total. The highest BCUT2D eigenvalue weighted by atomic mass is 35.5. The number of rotatable bonds is 2. The van der Waals surface area contributed by atoms with Crippen molar-refractivity contribution in [3.8, 4) is 0 Å². The summed E-state index contributed by atoms with van der Waals surface area (Å²) in [7, 11) is 0. The largest absolute Gasteiger partial charge is 0.458 e. The fourth-order valence-corrected chi connectivity index (χ4v) is 2.14. The summed E-state index contributed by atoms with van der Waals surface area (Å²) < 4.78 is 5.83. The molecule has 0 saturated carbocycles. The maximum atomic E-state index is 6.16. The number of aryl methyl sites for hydroxylation is 1. The van der Waals surface area contributed by atoms with Crippen molar-refractivity contribution in [1.82, 2.24) is 5.32 Å². The van der Waals surface area contributed by atoms with E-state index in [0.717, 1.165) is 16.7 Å². The molecule has 0 aliphatic carbocycles. The van der Waals surface area contributed by atoms with Crippen LogP contribution in [0.15, 0.2) is 16.5 Å². The third kappa shape index (κ3) is 2.66. The minimum Gasteiger partial charge on any atom is -0.458 e. The highest BCUT2D eigenvalue weighted by Crippen LogP contribution is 2.35.